The van der Waals surface area contributed by atoms with Crippen molar-refractivity contribution in [1.29, 1.82) is 5.26 Å². The van der Waals surface area contributed by atoms with Gasteiger partial charge in [-0.2, -0.15) is 5.26 Å². The summed E-state index contributed by atoms with van der Waals surface area (Å²) in [6.45, 7) is 3.99. The van der Waals surface area contributed by atoms with E-state index in [0.717, 1.165) is 29.6 Å². The Labute approximate surface area is 128 Å². The van der Waals surface area contributed by atoms with Crippen molar-refractivity contribution in [2.75, 3.05) is 6.54 Å². The van der Waals surface area contributed by atoms with Gasteiger partial charge in [0.15, 0.2) is 0 Å². The molecule has 3 rings (SSSR count). The van der Waals surface area contributed by atoms with E-state index in [2.05, 4.69) is 52.7 Å². The summed E-state index contributed by atoms with van der Waals surface area (Å²) in [7, 11) is 0. The van der Waals surface area contributed by atoms with Crippen LogP contribution in [0.3, 0.4) is 0 Å². The van der Waals surface area contributed by atoms with Gasteiger partial charge in [0.2, 0.25) is 0 Å². The maximum Gasteiger partial charge on any atom is 0.0998 e. The molecule has 0 saturated carbocycles. The summed E-state index contributed by atoms with van der Waals surface area (Å²) in [6.07, 6.45) is 2.06. The van der Waals surface area contributed by atoms with E-state index in [0.29, 0.717) is 6.04 Å². The van der Waals surface area contributed by atoms with Gasteiger partial charge in [-0.3, -0.25) is 0 Å². The van der Waals surface area contributed by atoms with Gasteiger partial charge in [-0.1, -0.05) is 12.1 Å². The third kappa shape index (κ3) is 2.85. The average molecular weight is 295 g/mol. The van der Waals surface area contributed by atoms with E-state index in [4.69, 9.17) is 5.26 Å². The van der Waals surface area contributed by atoms with Crippen molar-refractivity contribution in [2.45, 2.75) is 19.5 Å². The van der Waals surface area contributed by atoms with E-state index in [-0.39, 0.29) is 0 Å². The highest BCUT2D eigenvalue weighted by Crippen LogP contribution is 2.20. The molecule has 0 saturated heterocycles. The number of rotatable bonds is 5. The number of hydrogen-bond donors (Lipinski definition) is 1. The molecule has 0 aliphatic carbocycles. The highest BCUT2D eigenvalue weighted by Gasteiger charge is 2.07. The van der Waals surface area contributed by atoms with E-state index in [9.17, 15) is 0 Å². The molecule has 2 aromatic heterocycles. The van der Waals surface area contributed by atoms with Crippen LogP contribution in [0.1, 0.15) is 23.4 Å². The predicted octanol–water partition coefficient (Wildman–Crippen LogP) is 3.93. The number of thiophene rings is 1. The average Bonchev–Trinajstić information content (AvgIpc) is 3.16. The van der Waals surface area contributed by atoms with Gasteiger partial charge in [0.05, 0.1) is 11.6 Å². The van der Waals surface area contributed by atoms with Crippen molar-refractivity contribution in [1.82, 2.24) is 9.88 Å². The lowest BCUT2D eigenvalue weighted by molar-refractivity contribution is 0.543. The minimum Gasteiger partial charge on any atom is -0.346 e. The van der Waals surface area contributed by atoms with Crippen LogP contribution in [-0.4, -0.2) is 11.1 Å². The van der Waals surface area contributed by atoms with Crippen molar-refractivity contribution in [3.8, 4) is 6.07 Å². The van der Waals surface area contributed by atoms with Gasteiger partial charge < -0.3 is 9.88 Å². The van der Waals surface area contributed by atoms with Crippen molar-refractivity contribution >= 4 is 22.2 Å². The molecule has 0 aliphatic rings. The van der Waals surface area contributed by atoms with E-state index in [1.54, 1.807) is 11.3 Å². The molecule has 2 heterocycles. The number of aromatic nitrogens is 1. The van der Waals surface area contributed by atoms with Crippen LogP contribution in [0.25, 0.3) is 10.9 Å². The standard InChI is InChI=1S/C17H17N3S/c1-13(17-6-3-11-21-17)19-8-10-20-9-7-15-14(12-18)4-2-5-16(15)20/h2-7,9,11,13,19H,8,10H2,1H3. The minimum atomic E-state index is 0.376. The van der Waals surface area contributed by atoms with Crippen LogP contribution in [-0.2, 0) is 6.54 Å². The molecule has 106 valence electrons. The molecule has 1 atom stereocenters. The van der Waals surface area contributed by atoms with Gasteiger partial charge in [-0.15, -0.1) is 11.3 Å². The molecule has 0 radical (unpaired) electrons. The monoisotopic (exact) mass is 295 g/mol. The van der Waals surface area contributed by atoms with Crippen LogP contribution in [0, 0.1) is 11.3 Å². The molecule has 21 heavy (non-hydrogen) atoms. The SMILES string of the molecule is CC(NCCn1ccc2c(C#N)cccc21)c1cccs1. The maximum absolute atomic E-state index is 9.13. The first-order valence-electron chi connectivity index (χ1n) is 7.04. The Hall–Kier alpha value is -2.09. The molecular formula is C17H17N3S. The van der Waals surface area contributed by atoms with Crippen molar-refractivity contribution in [3.05, 3.63) is 58.4 Å². The minimum absolute atomic E-state index is 0.376. The number of nitriles is 1. The Morgan fingerprint density at radius 3 is 2.95 bits per heavy atom. The number of nitrogens with one attached hydrogen (secondary N) is 1. The highest BCUT2D eigenvalue weighted by molar-refractivity contribution is 7.10. The van der Waals surface area contributed by atoms with Crippen LogP contribution in [0.15, 0.2) is 48.0 Å². The first-order chi connectivity index (χ1) is 10.3. The zero-order valence-electron chi connectivity index (χ0n) is 11.9. The topological polar surface area (TPSA) is 40.8 Å². The fourth-order valence-electron chi connectivity index (χ4n) is 2.56. The molecule has 4 heteroatoms. The van der Waals surface area contributed by atoms with Crippen molar-refractivity contribution in [2.24, 2.45) is 0 Å². The summed E-state index contributed by atoms with van der Waals surface area (Å²) in [6, 6.07) is 14.8. The van der Waals surface area contributed by atoms with Gasteiger partial charge in [0.1, 0.15) is 0 Å². The fraction of sp³-hybridized carbons (Fsp3) is 0.235. The summed E-state index contributed by atoms with van der Waals surface area (Å²) in [5.74, 6) is 0. The first kappa shape index (κ1) is 13.9. The Morgan fingerprint density at radius 1 is 1.29 bits per heavy atom. The molecule has 3 aromatic rings. The third-order valence-electron chi connectivity index (χ3n) is 3.71. The van der Waals surface area contributed by atoms with Crippen molar-refractivity contribution in [3.63, 3.8) is 0 Å². The van der Waals surface area contributed by atoms with Crippen LogP contribution in [0.2, 0.25) is 0 Å². The van der Waals surface area contributed by atoms with Gasteiger partial charge in [0, 0.05) is 41.1 Å². The largest absolute Gasteiger partial charge is 0.346 e. The summed E-state index contributed by atoms with van der Waals surface area (Å²) >= 11 is 1.78. The molecule has 3 nitrogen and oxygen atoms in total. The zero-order valence-corrected chi connectivity index (χ0v) is 12.7. The number of nitrogens with zero attached hydrogens (tertiary/aromatic N) is 2. The van der Waals surface area contributed by atoms with E-state index >= 15 is 0 Å². The molecule has 1 aromatic carbocycles. The predicted molar refractivity (Wildman–Crippen MR) is 87.4 cm³/mol. The number of fused-ring (bicyclic) bond motifs is 1. The molecule has 1 N–H and O–H groups in total. The third-order valence-corrected chi connectivity index (χ3v) is 4.76. The van der Waals surface area contributed by atoms with Gasteiger partial charge in [0.25, 0.3) is 0 Å². The molecule has 1 unspecified atom stereocenters. The quantitative estimate of drug-likeness (QED) is 0.775. The summed E-state index contributed by atoms with van der Waals surface area (Å²) < 4.78 is 2.20. The van der Waals surface area contributed by atoms with E-state index < -0.39 is 0 Å². The lowest BCUT2D eigenvalue weighted by atomic mass is 10.1. The van der Waals surface area contributed by atoms with E-state index in [1.165, 1.54) is 4.88 Å². The maximum atomic E-state index is 9.13. The Morgan fingerprint density at radius 2 is 2.19 bits per heavy atom. The number of hydrogen-bond acceptors (Lipinski definition) is 3. The summed E-state index contributed by atoms with van der Waals surface area (Å²) in [5, 5.41) is 15.8. The second-order valence-electron chi connectivity index (χ2n) is 5.05. The van der Waals surface area contributed by atoms with Gasteiger partial charge in [-0.05, 0) is 36.6 Å². The normalized spacial score (nSPS) is 12.4. The van der Waals surface area contributed by atoms with Crippen molar-refractivity contribution < 1.29 is 0 Å². The smallest absolute Gasteiger partial charge is 0.0998 e. The van der Waals surface area contributed by atoms with Crippen LogP contribution < -0.4 is 5.32 Å². The van der Waals surface area contributed by atoms with Gasteiger partial charge in [-0.25, -0.2) is 0 Å². The fourth-order valence-corrected chi connectivity index (χ4v) is 3.31. The molecule has 0 bridgehead atoms. The van der Waals surface area contributed by atoms with Gasteiger partial charge >= 0.3 is 0 Å². The second kappa shape index (κ2) is 6.13. The molecule has 0 fully saturated rings. The second-order valence-corrected chi connectivity index (χ2v) is 6.03. The Kier molecular flexibility index (Phi) is 4.05. The highest BCUT2D eigenvalue weighted by atomic mass is 32.1. The number of benzene rings is 1. The summed E-state index contributed by atoms with van der Waals surface area (Å²) in [4.78, 5) is 1.36. The Bertz CT molecular complexity index is 765. The molecule has 0 aliphatic heterocycles. The lowest BCUT2D eigenvalue weighted by Crippen LogP contribution is -2.22. The Balaban J connectivity index is 1.68. The lowest BCUT2D eigenvalue weighted by Gasteiger charge is -2.13. The van der Waals surface area contributed by atoms with Crippen LogP contribution in [0.4, 0.5) is 0 Å². The van der Waals surface area contributed by atoms with Crippen LogP contribution >= 0.6 is 11.3 Å². The first-order valence-corrected chi connectivity index (χ1v) is 7.92. The van der Waals surface area contributed by atoms with E-state index in [1.807, 2.05) is 18.2 Å². The molecular weight excluding hydrogens is 278 g/mol. The molecule has 0 spiro atoms. The zero-order chi connectivity index (χ0) is 14.7. The molecule has 0 amide bonds. The summed E-state index contributed by atoms with van der Waals surface area (Å²) in [5.41, 5.74) is 1.87. The van der Waals surface area contributed by atoms with Crippen LogP contribution in [0.5, 0.6) is 0 Å².